The largest absolute Gasteiger partial charge is 0.507 e. The number of hydrogen-bond donors (Lipinski definition) is 2. The van der Waals surface area contributed by atoms with Crippen LogP contribution in [-0.4, -0.2) is 35.1 Å². The van der Waals surface area contributed by atoms with Crippen LogP contribution in [0.2, 0.25) is 5.02 Å². The van der Waals surface area contributed by atoms with Gasteiger partial charge in [0.25, 0.3) is 11.7 Å². The van der Waals surface area contributed by atoms with Crippen molar-refractivity contribution in [3.05, 3.63) is 74.9 Å². The lowest BCUT2D eigenvalue weighted by Crippen LogP contribution is -2.29. The summed E-state index contributed by atoms with van der Waals surface area (Å²) < 4.78 is 11.2. The van der Waals surface area contributed by atoms with E-state index < -0.39 is 17.7 Å². The van der Waals surface area contributed by atoms with Crippen molar-refractivity contribution >= 4 is 46.1 Å². The van der Waals surface area contributed by atoms with Crippen molar-refractivity contribution in [2.45, 2.75) is 19.9 Å². The van der Waals surface area contributed by atoms with E-state index in [-0.39, 0.29) is 33.4 Å². The lowest BCUT2D eigenvalue weighted by atomic mass is 9.99. The SMILES string of the molecule is CCOc1ccc(/C(O)=C2/C(=O)C(=O)N(c3cc(Cl)ccc3O)C2c2cccs2)c(OCC)c1. The van der Waals surface area contributed by atoms with E-state index >= 15 is 0 Å². The Labute approximate surface area is 205 Å². The molecule has 2 heterocycles. The van der Waals surface area contributed by atoms with E-state index in [1.54, 1.807) is 42.6 Å². The van der Waals surface area contributed by atoms with Gasteiger partial charge >= 0.3 is 0 Å². The maximum absolute atomic E-state index is 13.3. The molecule has 4 rings (SSSR count). The molecule has 1 aliphatic rings. The third-order valence-electron chi connectivity index (χ3n) is 5.27. The fourth-order valence-electron chi connectivity index (χ4n) is 3.86. The molecule has 1 aliphatic heterocycles. The van der Waals surface area contributed by atoms with Gasteiger partial charge in [-0.25, -0.2) is 0 Å². The summed E-state index contributed by atoms with van der Waals surface area (Å²) in [7, 11) is 0. The third-order valence-corrected chi connectivity index (χ3v) is 6.43. The molecule has 176 valence electrons. The van der Waals surface area contributed by atoms with E-state index in [0.717, 1.165) is 4.90 Å². The second-order valence-electron chi connectivity index (χ2n) is 7.34. The number of Topliss-reactive ketones (excluding diaryl/α,β-unsaturated/α-hetero) is 1. The molecule has 1 fully saturated rings. The molecule has 1 atom stereocenters. The number of benzene rings is 2. The molecule has 7 nitrogen and oxygen atoms in total. The van der Waals surface area contributed by atoms with Gasteiger partial charge < -0.3 is 19.7 Å². The molecule has 2 aromatic carbocycles. The number of rotatable bonds is 7. The number of carbonyl (C=O) groups is 2. The zero-order valence-electron chi connectivity index (χ0n) is 18.4. The van der Waals surface area contributed by atoms with Crippen LogP contribution < -0.4 is 14.4 Å². The van der Waals surface area contributed by atoms with E-state index in [4.69, 9.17) is 21.1 Å². The first kappa shape index (κ1) is 23.7. The number of aliphatic hydroxyl groups is 1. The smallest absolute Gasteiger partial charge is 0.300 e. The Balaban J connectivity index is 1.94. The van der Waals surface area contributed by atoms with Gasteiger partial charge in [0.2, 0.25) is 0 Å². The number of anilines is 1. The van der Waals surface area contributed by atoms with Crippen molar-refractivity contribution in [2.24, 2.45) is 0 Å². The summed E-state index contributed by atoms with van der Waals surface area (Å²) in [5.41, 5.74) is 0.209. The summed E-state index contributed by atoms with van der Waals surface area (Å²) in [5.74, 6) is -1.52. The number of aromatic hydroxyl groups is 1. The molecule has 1 amide bonds. The zero-order valence-corrected chi connectivity index (χ0v) is 20.0. The molecule has 0 aliphatic carbocycles. The van der Waals surface area contributed by atoms with Crippen molar-refractivity contribution < 1.29 is 29.3 Å². The molecule has 9 heteroatoms. The van der Waals surface area contributed by atoms with Crippen molar-refractivity contribution in [3.8, 4) is 17.2 Å². The van der Waals surface area contributed by atoms with Crippen LogP contribution in [-0.2, 0) is 9.59 Å². The first-order valence-electron chi connectivity index (χ1n) is 10.6. The molecule has 3 aromatic rings. The van der Waals surface area contributed by atoms with Crippen LogP contribution in [0, 0.1) is 0 Å². The van der Waals surface area contributed by atoms with E-state index in [9.17, 15) is 19.8 Å². The van der Waals surface area contributed by atoms with E-state index in [2.05, 4.69) is 0 Å². The van der Waals surface area contributed by atoms with E-state index in [1.807, 2.05) is 6.92 Å². The minimum atomic E-state index is -0.967. The maximum Gasteiger partial charge on any atom is 0.300 e. The minimum absolute atomic E-state index is 0.0729. The summed E-state index contributed by atoms with van der Waals surface area (Å²) in [5, 5.41) is 23.9. The lowest BCUT2D eigenvalue weighted by molar-refractivity contribution is -0.132. The highest BCUT2D eigenvalue weighted by Crippen LogP contribution is 2.47. The fourth-order valence-corrected chi connectivity index (χ4v) is 4.85. The molecule has 1 saturated heterocycles. The molecule has 0 bridgehead atoms. The number of phenols is 1. The summed E-state index contributed by atoms with van der Waals surface area (Å²) in [6, 6.07) is 11.7. The van der Waals surface area contributed by atoms with Gasteiger partial charge in [-0.3, -0.25) is 14.5 Å². The highest BCUT2D eigenvalue weighted by molar-refractivity contribution is 7.10. The summed E-state index contributed by atoms with van der Waals surface area (Å²) >= 11 is 7.44. The van der Waals surface area contributed by atoms with Crippen LogP contribution in [0.25, 0.3) is 5.76 Å². The highest BCUT2D eigenvalue weighted by Gasteiger charge is 2.48. The highest BCUT2D eigenvalue weighted by atomic mass is 35.5. The average Bonchev–Trinajstić information content (AvgIpc) is 3.43. The fraction of sp³-hybridized carbons (Fsp3) is 0.200. The second kappa shape index (κ2) is 9.79. The van der Waals surface area contributed by atoms with Crippen molar-refractivity contribution in [1.82, 2.24) is 0 Å². The number of hydrogen-bond acceptors (Lipinski definition) is 7. The first-order chi connectivity index (χ1) is 16.4. The topological polar surface area (TPSA) is 96.3 Å². The second-order valence-corrected chi connectivity index (χ2v) is 8.76. The Morgan fingerprint density at radius 3 is 2.53 bits per heavy atom. The molecular weight excluding hydrogens is 478 g/mol. The van der Waals surface area contributed by atoms with Gasteiger partial charge in [-0.1, -0.05) is 17.7 Å². The molecule has 34 heavy (non-hydrogen) atoms. The minimum Gasteiger partial charge on any atom is -0.507 e. The Bertz CT molecular complexity index is 1270. The standard InChI is InChI=1S/C25H22ClNO6S/c1-3-32-15-8-9-16(19(13-15)33-4-2)23(29)21-22(20-6-5-11-34-20)27(25(31)24(21)30)17-12-14(26)7-10-18(17)28/h5-13,22,28-29H,3-4H2,1-2H3/b23-21-. The molecule has 1 unspecified atom stereocenters. The van der Waals surface area contributed by atoms with Gasteiger partial charge in [0.1, 0.15) is 29.0 Å². The number of ketones is 1. The van der Waals surface area contributed by atoms with Crippen molar-refractivity contribution in [1.29, 1.82) is 0 Å². The average molecular weight is 500 g/mol. The number of phenolic OH excluding ortho intramolecular Hbond substituents is 1. The Kier molecular flexibility index (Phi) is 6.81. The number of nitrogens with zero attached hydrogens (tertiary/aromatic N) is 1. The quantitative estimate of drug-likeness (QED) is 0.252. The van der Waals surface area contributed by atoms with Gasteiger partial charge in [-0.2, -0.15) is 0 Å². The number of carbonyl (C=O) groups excluding carboxylic acids is 2. The summed E-state index contributed by atoms with van der Waals surface area (Å²) in [6.07, 6.45) is 0. The van der Waals surface area contributed by atoms with Gasteiger partial charge in [0, 0.05) is 16.0 Å². The molecule has 0 saturated carbocycles. The number of thiophene rings is 1. The lowest BCUT2D eigenvalue weighted by Gasteiger charge is -2.25. The molecule has 1 aromatic heterocycles. The first-order valence-corrected chi connectivity index (χ1v) is 11.9. The number of aliphatic hydroxyl groups excluding tert-OH is 1. The van der Waals surface area contributed by atoms with Gasteiger partial charge in [0.15, 0.2) is 0 Å². The van der Waals surface area contributed by atoms with Gasteiger partial charge in [-0.15, -0.1) is 11.3 Å². The Morgan fingerprint density at radius 1 is 1.09 bits per heavy atom. The van der Waals surface area contributed by atoms with Crippen LogP contribution in [0.3, 0.4) is 0 Å². The zero-order chi connectivity index (χ0) is 24.4. The van der Waals surface area contributed by atoms with Crippen molar-refractivity contribution in [3.63, 3.8) is 0 Å². The summed E-state index contributed by atoms with van der Waals surface area (Å²) in [4.78, 5) is 28.3. The van der Waals surface area contributed by atoms with Crippen LogP contribution in [0.5, 0.6) is 17.2 Å². The molecule has 0 spiro atoms. The predicted octanol–water partition coefficient (Wildman–Crippen LogP) is 5.53. The molecular formula is C25H22ClNO6S. The van der Waals surface area contributed by atoms with Crippen LogP contribution in [0.1, 0.15) is 30.3 Å². The Morgan fingerprint density at radius 2 is 1.85 bits per heavy atom. The number of amides is 1. The van der Waals surface area contributed by atoms with E-state index in [1.165, 1.54) is 29.5 Å². The summed E-state index contributed by atoms with van der Waals surface area (Å²) in [6.45, 7) is 4.41. The normalized spacial score (nSPS) is 17.3. The van der Waals surface area contributed by atoms with E-state index in [0.29, 0.717) is 29.6 Å². The predicted molar refractivity (Wildman–Crippen MR) is 131 cm³/mol. The van der Waals surface area contributed by atoms with Crippen LogP contribution in [0.4, 0.5) is 5.69 Å². The maximum atomic E-state index is 13.3. The van der Waals surface area contributed by atoms with Crippen LogP contribution >= 0.6 is 22.9 Å². The Hall–Kier alpha value is -3.49. The van der Waals surface area contributed by atoms with Crippen molar-refractivity contribution in [2.75, 3.05) is 18.1 Å². The van der Waals surface area contributed by atoms with Gasteiger partial charge in [0.05, 0.1) is 30.0 Å². The number of halogens is 1. The molecule has 2 N–H and O–H groups in total. The monoisotopic (exact) mass is 499 g/mol. The van der Waals surface area contributed by atoms with Crippen LogP contribution in [0.15, 0.2) is 59.5 Å². The van der Waals surface area contributed by atoms with Gasteiger partial charge in [-0.05, 0) is 55.6 Å². The third kappa shape index (κ3) is 4.22. The molecule has 0 radical (unpaired) electrons. The number of ether oxygens (including phenoxy) is 2.